The van der Waals surface area contributed by atoms with E-state index in [2.05, 4.69) is 26.3 Å². The average Bonchev–Trinajstić information content (AvgIpc) is 3.44. The van der Waals surface area contributed by atoms with Crippen molar-refractivity contribution in [2.75, 3.05) is 5.32 Å². The van der Waals surface area contributed by atoms with Crippen LogP contribution in [0, 0.1) is 23.3 Å². The molecule has 0 aliphatic rings. The second-order valence-electron chi connectivity index (χ2n) is 6.84. The number of carbonyl (C=O) groups excluding carboxylic acids is 1. The minimum atomic E-state index is -1.77. The molecule has 11 heteroatoms. The quantitative estimate of drug-likeness (QED) is 0.192. The highest BCUT2D eigenvalue weighted by atomic mass is 79.9. The standard InChI is InChI=1S/C22H14BrF4N3O3/c23-12-1-3-14(4-2-12)32-11-15-5-6-19(33-15)22(31)29-13-8-28-30(9-13)10-16-17(24)7-18(25)21(27)20(16)26/h1-9H,10-11H2,(H,29,31). The third-order valence-corrected chi connectivity index (χ3v) is 5.03. The predicted molar refractivity (Wildman–Crippen MR) is 113 cm³/mol. The van der Waals surface area contributed by atoms with Crippen LogP contribution in [0.3, 0.4) is 0 Å². The molecule has 0 spiro atoms. The molecule has 2 aromatic heterocycles. The monoisotopic (exact) mass is 523 g/mol. The van der Waals surface area contributed by atoms with Crippen LogP contribution < -0.4 is 10.1 Å². The molecule has 0 fully saturated rings. The Morgan fingerprint density at radius 1 is 1.06 bits per heavy atom. The van der Waals surface area contributed by atoms with Crippen LogP contribution in [0.2, 0.25) is 0 Å². The van der Waals surface area contributed by atoms with Gasteiger partial charge in [0, 0.05) is 22.3 Å². The van der Waals surface area contributed by atoms with Gasteiger partial charge in [-0.25, -0.2) is 17.6 Å². The molecule has 1 N–H and O–H groups in total. The van der Waals surface area contributed by atoms with E-state index < -0.39 is 41.3 Å². The van der Waals surface area contributed by atoms with Crippen molar-refractivity contribution < 1.29 is 31.5 Å². The van der Waals surface area contributed by atoms with E-state index >= 15 is 0 Å². The molecule has 0 saturated carbocycles. The Labute approximate surface area is 192 Å². The summed E-state index contributed by atoms with van der Waals surface area (Å²) in [6.45, 7) is -0.402. The topological polar surface area (TPSA) is 69.3 Å². The van der Waals surface area contributed by atoms with Gasteiger partial charge in [0.15, 0.2) is 23.2 Å². The molecular weight excluding hydrogens is 510 g/mol. The molecule has 0 aliphatic heterocycles. The number of hydrogen-bond donors (Lipinski definition) is 1. The lowest BCUT2D eigenvalue weighted by Gasteiger charge is -2.07. The van der Waals surface area contributed by atoms with Crippen LogP contribution in [-0.4, -0.2) is 15.7 Å². The van der Waals surface area contributed by atoms with Crippen LogP contribution in [0.4, 0.5) is 23.2 Å². The first kappa shape index (κ1) is 22.6. The highest BCUT2D eigenvalue weighted by molar-refractivity contribution is 9.10. The van der Waals surface area contributed by atoms with Crippen molar-refractivity contribution in [1.29, 1.82) is 0 Å². The van der Waals surface area contributed by atoms with E-state index in [1.54, 1.807) is 18.2 Å². The van der Waals surface area contributed by atoms with Crippen LogP contribution in [-0.2, 0) is 13.2 Å². The van der Waals surface area contributed by atoms with Crippen LogP contribution in [0.1, 0.15) is 21.9 Å². The average molecular weight is 524 g/mol. The van der Waals surface area contributed by atoms with Gasteiger partial charge in [-0.15, -0.1) is 0 Å². The van der Waals surface area contributed by atoms with Crippen molar-refractivity contribution in [2.24, 2.45) is 0 Å². The number of ether oxygens (including phenoxy) is 1. The number of halogens is 5. The second-order valence-corrected chi connectivity index (χ2v) is 7.75. The molecular formula is C22H14BrF4N3O3. The maximum Gasteiger partial charge on any atom is 0.291 e. The number of hydrogen-bond acceptors (Lipinski definition) is 4. The molecule has 6 nitrogen and oxygen atoms in total. The van der Waals surface area contributed by atoms with E-state index in [1.807, 2.05) is 12.1 Å². The van der Waals surface area contributed by atoms with Crippen molar-refractivity contribution in [2.45, 2.75) is 13.2 Å². The van der Waals surface area contributed by atoms with Gasteiger partial charge in [-0.3, -0.25) is 9.48 Å². The fourth-order valence-electron chi connectivity index (χ4n) is 2.88. The first-order valence-corrected chi connectivity index (χ1v) is 10.2. The normalized spacial score (nSPS) is 10.9. The van der Waals surface area contributed by atoms with Crippen molar-refractivity contribution in [3.8, 4) is 5.75 Å². The van der Waals surface area contributed by atoms with Gasteiger partial charge in [0.05, 0.1) is 18.4 Å². The van der Waals surface area contributed by atoms with Gasteiger partial charge in [0.25, 0.3) is 5.91 Å². The molecule has 170 valence electrons. The first-order chi connectivity index (χ1) is 15.8. The molecule has 4 aromatic rings. The number of nitrogens with zero attached hydrogens (tertiary/aromatic N) is 2. The Balaban J connectivity index is 1.37. The Morgan fingerprint density at radius 3 is 2.58 bits per heavy atom. The van der Waals surface area contributed by atoms with Gasteiger partial charge in [0.1, 0.15) is 23.9 Å². The molecule has 0 atom stereocenters. The third-order valence-electron chi connectivity index (χ3n) is 4.50. The summed E-state index contributed by atoms with van der Waals surface area (Å²) in [6.07, 6.45) is 2.51. The Bertz CT molecular complexity index is 1300. The Hall–Kier alpha value is -3.60. The first-order valence-electron chi connectivity index (χ1n) is 9.43. The number of furan rings is 1. The maximum absolute atomic E-state index is 13.8. The highest BCUT2D eigenvalue weighted by Gasteiger charge is 2.20. The molecule has 0 bridgehead atoms. The van der Waals surface area contributed by atoms with Crippen molar-refractivity contribution in [1.82, 2.24) is 9.78 Å². The van der Waals surface area contributed by atoms with Crippen LogP contribution in [0.25, 0.3) is 0 Å². The van der Waals surface area contributed by atoms with Crippen molar-refractivity contribution in [3.05, 3.63) is 99.7 Å². The predicted octanol–water partition coefficient (Wildman–Crippen LogP) is 5.67. The fraction of sp³-hybridized carbons (Fsp3) is 0.0909. The third kappa shape index (κ3) is 5.25. The molecule has 2 heterocycles. The summed E-state index contributed by atoms with van der Waals surface area (Å²) in [5.74, 6) is -5.82. The highest BCUT2D eigenvalue weighted by Crippen LogP contribution is 2.21. The lowest BCUT2D eigenvalue weighted by Crippen LogP contribution is -2.11. The SMILES string of the molecule is O=C(Nc1cnn(Cc2c(F)cc(F)c(F)c2F)c1)c1ccc(COc2ccc(Br)cc2)o1. The minimum Gasteiger partial charge on any atom is -0.486 e. The van der Waals surface area contributed by atoms with Crippen molar-refractivity contribution in [3.63, 3.8) is 0 Å². The summed E-state index contributed by atoms with van der Waals surface area (Å²) < 4.78 is 67.2. The van der Waals surface area contributed by atoms with E-state index in [-0.39, 0.29) is 24.1 Å². The summed E-state index contributed by atoms with van der Waals surface area (Å²) in [6, 6.07) is 10.5. The van der Waals surface area contributed by atoms with Gasteiger partial charge in [0.2, 0.25) is 0 Å². The zero-order chi connectivity index (χ0) is 23.5. The largest absolute Gasteiger partial charge is 0.486 e. The van der Waals surface area contributed by atoms with Gasteiger partial charge in [-0.2, -0.15) is 5.10 Å². The zero-order valence-electron chi connectivity index (χ0n) is 16.6. The van der Waals surface area contributed by atoms with E-state index in [1.165, 1.54) is 18.5 Å². The van der Waals surface area contributed by atoms with E-state index in [0.717, 1.165) is 9.15 Å². The van der Waals surface area contributed by atoms with Gasteiger partial charge < -0.3 is 14.5 Å². The molecule has 33 heavy (non-hydrogen) atoms. The summed E-state index contributed by atoms with van der Waals surface area (Å²) in [7, 11) is 0. The molecule has 0 saturated heterocycles. The van der Waals surface area contributed by atoms with Gasteiger partial charge >= 0.3 is 0 Å². The van der Waals surface area contributed by atoms with E-state index in [4.69, 9.17) is 9.15 Å². The maximum atomic E-state index is 13.8. The number of anilines is 1. The number of rotatable bonds is 7. The molecule has 0 unspecified atom stereocenters. The number of carbonyl (C=O) groups is 1. The summed E-state index contributed by atoms with van der Waals surface area (Å²) in [5, 5.41) is 6.39. The smallest absolute Gasteiger partial charge is 0.291 e. The zero-order valence-corrected chi connectivity index (χ0v) is 18.2. The lowest BCUT2D eigenvalue weighted by molar-refractivity contribution is 0.0992. The number of nitrogens with one attached hydrogen (secondary N) is 1. The summed E-state index contributed by atoms with van der Waals surface area (Å²) >= 11 is 3.33. The number of amides is 1. The lowest BCUT2D eigenvalue weighted by atomic mass is 10.2. The van der Waals surface area contributed by atoms with Gasteiger partial charge in [-0.05, 0) is 36.4 Å². The fourth-order valence-corrected chi connectivity index (χ4v) is 3.15. The van der Waals surface area contributed by atoms with E-state index in [9.17, 15) is 22.4 Å². The van der Waals surface area contributed by atoms with E-state index in [0.29, 0.717) is 11.5 Å². The Morgan fingerprint density at radius 2 is 1.82 bits per heavy atom. The van der Waals surface area contributed by atoms with Gasteiger partial charge in [-0.1, -0.05) is 15.9 Å². The van der Waals surface area contributed by atoms with Crippen LogP contribution >= 0.6 is 15.9 Å². The van der Waals surface area contributed by atoms with Crippen molar-refractivity contribution >= 4 is 27.5 Å². The molecule has 0 aliphatic carbocycles. The molecule has 0 radical (unpaired) electrons. The summed E-state index contributed by atoms with van der Waals surface area (Å²) in [5.41, 5.74) is -0.496. The second kappa shape index (κ2) is 9.49. The van der Waals surface area contributed by atoms with Crippen LogP contribution in [0.15, 0.2) is 63.7 Å². The molecule has 1 amide bonds. The summed E-state index contributed by atoms with van der Waals surface area (Å²) in [4.78, 5) is 12.4. The molecule has 2 aromatic carbocycles. The molecule has 4 rings (SSSR count). The number of benzene rings is 2. The Kier molecular flexibility index (Phi) is 6.50. The van der Waals surface area contributed by atoms with Crippen LogP contribution in [0.5, 0.6) is 5.75 Å². The number of aromatic nitrogens is 2. The minimum absolute atomic E-state index is 0.00912.